The van der Waals surface area contributed by atoms with Crippen LogP contribution in [0.4, 0.5) is 11.4 Å². The number of nitrogens with zero attached hydrogens (tertiary/aromatic N) is 1. The van der Waals surface area contributed by atoms with E-state index in [2.05, 4.69) is 21.8 Å². The first-order valence-electron chi connectivity index (χ1n) is 14.1. The second-order valence-corrected chi connectivity index (χ2v) is 12.4. The normalized spacial score (nSPS) is 14.9. The third kappa shape index (κ3) is 7.78. The van der Waals surface area contributed by atoms with Gasteiger partial charge in [0.1, 0.15) is 12.4 Å². The van der Waals surface area contributed by atoms with Gasteiger partial charge in [-0.3, -0.25) is 9.52 Å². The van der Waals surface area contributed by atoms with Gasteiger partial charge >= 0.3 is 0 Å². The first kappa shape index (κ1) is 29.4. The van der Waals surface area contributed by atoms with Crippen LogP contribution in [0.5, 0.6) is 5.75 Å². The molecular formula is C34H36N2O5S. The average molecular weight is 585 g/mol. The van der Waals surface area contributed by atoms with Crippen molar-refractivity contribution in [2.75, 3.05) is 29.1 Å². The topological polar surface area (TPSA) is 84.9 Å². The first-order valence-corrected chi connectivity index (χ1v) is 16.0. The van der Waals surface area contributed by atoms with Crippen LogP contribution in [0.25, 0.3) is 0 Å². The molecule has 1 N–H and O–H groups in total. The van der Waals surface area contributed by atoms with Crippen molar-refractivity contribution in [1.29, 1.82) is 0 Å². The Balaban J connectivity index is 1.34. The van der Waals surface area contributed by atoms with E-state index in [9.17, 15) is 13.2 Å². The maximum absolute atomic E-state index is 13.3. The Morgan fingerprint density at radius 3 is 2.31 bits per heavy atom. The number of ketones is 1. The Kier molecular flexibility index (Phi) is 9.25. The molecule has 218 valence electrons. The largest absolute Gasteiger partial charge is 0.491 e. The summed E-state index contributed by atoms with van der Waals surface area (Å²) in [4.78, 5) is 15.5. The lowest BCUT2D eigenvalue weighted by molar-refractivity contribution is 0.0679. The summed E-state index contributed by atoms with van der Waals surface area (Å²) in [5, 5.41) is 0. The number of hydrogen-bond donors (Lipinski definition) is 1. The zero-order valence-electron chi connectivity index (χ0n) is 24.0. The molecule has 1 aliphatic rings. The second-order valence-electron chi connectivity index (χ2n) is 10.7. The summed E-state index contributed by atoms with van der Waals surface area (Å²) >= 11 is 0. The smallest absolute Gasteiger partial charge is 0.229 e. The number of anilines is 2. The summed E-state index contributed by atoms with van der Waals surface area (Å²) in [6, 6.07) is 30.7. The number of hydrogen-bond acceptors (Lipinski definition) is 6. The highest BCUT2D eigenvalue weighted by Gasteiger charge is 2.18. The van der Waals surface area contributed by atoms with Gasteiger partial charge in [-0.1, -0.05) is 72.8 Å². The van der Waals surface area contributed by atoms with Gasteiger partial charge in [0.05, 0.1) is 18.0 Å². The van der Waals surface area contributed by atoms with Gasteiger partial charge < -0.3 is 14.4 Å². The van der Waals surface area contributed by atoms with E-state index in [0.717, 1.165) is 48.1 Å². The lowest BCUT2D eigenvalue weighted by Crippen LogP contribution is -2.23. The fourth-order valence-electron chi connectivity index (χ4n) is 5.15. The maximum Gasteiger partial charge on any atom is 0.229 e. The summed E-state index contributed by atoms with van der Waals surface area (Å²) in [6.45, 7) is 4.38. The van der Waals surface area contributed by atoms with E-state index in [4.69, 9.17) is 9.47 Å². The predicted molar refractivity (Wildman–Crippen MR) is 167 cm³/mol. The molecule has 0 radical (unpaired) electrons. The maximum atomic E-state index is 13.3. The molecule has 0 aromatic heterocycles. The zero-order chi connectivity index (χ0) is 29.5. The highest BCUT2D eigenvalue weighted by atomic mass is 32.2. The molecule has 1 unspecified atom stereocenters. The third-order valence-electron chi connectivity index (χ3n) is 7.30. The van der Waals surface area contributed by atoms with Crippen LogP contribution >= 0.6 is 0 Å². The van der Waals surface area contributed by atoms with Gasteiger partial charge in [0, 0.05) is 36.5 Å². The lowest BCUT2D eigenvalue weighted by atomic mass is 10.0. The number of nitrogens with one attached hydrogen (secondary N) is 1. The van der Waals surface area contributed by atoms with Crippen molar-refractivity contribution in [3.8, 4) is 5.75 Å². The van der Waals surface area contributed by atoms with Gasteiger partial charge in [-0.2, -0.15) is 0 Å². The molecule has 1 fully saturated rings. The Labute approximate surface area is 248 Å². The van der Waals surface area contributed by atoms with E-state index in [0.29, 0.717) is 42.3 Å². The van der Waals surface area contributed by atoms with Crippen molar-refractivity contribution in [3.63, 3.8) is 0 Å². The van der Waals surface area contributed by atoms with Crippen LogP contribution in [0.1, 0.15) is 45.5 Å². The van der Waals surface area contributed by atoms with Crippen LogP contribution in [0.15, 0.2) is 97.1 Å². The summed E-state index contributed by atoms with van der Waals surface area (Å²) < 4.78 is 38.0. The summed E-state index contributed by atoms with van der Waals surface area (Å²) in [7, 11) is -3.42. The van der Waals surface area contributed by atoms with Crippen LogP contribution in [0.2, 0.25) is 0 Å². The van der Waals surface area contributed by atoms with Gasteiger partial charge in [-0.15, -0.1) is 0 Å². The fourth-order valence-corrected chi connectivity index (χ4v) is 5.77. The number of rotatable bonds is 12. The average Bonchev–Trinajstić information content (AvgIpc) is 3.51. The van der Waals surface area contributed by atoms with Gasteiger partial charge in [0.15, 0.2) is 5.78 Å². The summed E-state index contributed by atoms with van der Waals surface area (Å²) in [5.74, 6) is 0.591. The number of ether oxygens (including phenoxy) is 2. The van der Waals surface area contributed by atoms with Crippen LogP contribution in [-0.4, -0.2) is 39.8 Å². The Morgan fingerprint density at radius 1 is 0.905 bits per heavy atom. The van der Waals surface area contributed by atoms with Gasteiger partial charge in [-0.05, 0) is 60.7 Å². The molecule has 0 saturated carbocycles. The van der Waals surface area contributed by atoms with E-state index in [-0.39, 0.29) is 11.9 Å². The van der Waals surface area contributed by atoms with E-state index in [1.807, 2.05) is 73.7 Å². The molecule has 7 nitrogen and oxygen atoms in total. The van der Waals surface area contributed by atoms with Crippen molar-refractivity contribution < 1.29 is 22.7 Å². The molecule has 5 rings (SSSR count). The molecule has 1 saturated heterocycles. The van der Waals surface area contributed by atoms with Crippen molar-refractivity contribution in [3.05, 3.63) is 125 Å². The molecule has 0 bridgehead atoms. The third-order valence-corrected chi connectivity index (χ3v) is 7.89. The molecule has 0 aliphatic carbocycles. The van der Waals surface area contributed by atoms with E-state index >= 15 is 0 Å². The SMILES string of the molecule is Cc1c(NS(C)(=O)=O)cccc1N(Cc1ccccc1)Cc1ccc(C(=O)c2cccc(OCC3CCCO3)c2)cc1. The number of carbonyl (C=O) groups is 1. The standard InChI is InChI=1S/C34H36N2O5S/c1-25-32(35-42(2,38)39)14-7-15-33(25)36(22-26-9-4-3-5-10-26)23-27-16-18-28(19-17-27)34(37)29-11-6-12-30(21-29)41-24-31-13-8-20-40-31/h3-7,9-12,14-19,21,31,35H,8,13,20,22-24H2,1-2H3. The van der Waals surface area contributed by atoms with Gasteiger partial charge in [0.2, 0.25) is 10.0 Å². The molecular weight excluding hydrogens is 548 g/mol. The van der Waals surface area contributed by atoms with Crippen LogP contribution in [-0.2, 0) is 27.8 Å². The Hall–Kier alpha value is -4.14. The van der Waals surface area contributed by atoms with Crippen molar-refractivity contribution >= 4 is 27.2 Å². The lowest BCUT2D eigenvalue weighted by Gasteiger charge is -2.28. The summed E-state index contributed by atoms with van der Waals surface area (Å²) in [6.07, 6.45) is 3.31. The van der Waals surface area contributed by atoms with Crippen LogP contribution < -0.4 is 14.4 Å². The van der Waals surface area contributed by atoms with Crippen LogP contribution in [0.3, 0.4) is 0 Å². The second kappa shape index (κ2) is 13.2. The first-order chi connectivity index (χ1) is 20.2. The minimum Gasteiger partial charge on any atom is -0.491 e. The number of benzene rings is 4. The Bertz CT molecular complexity index is 1620. The monoisotopic (exact) mass is 584 g/mol. The van der Waals surface area contributed by atoms with E-state index in [1.54, 1.807) is 18.2 Å². The molecule has 1 aliphatic heterocycles. The molecule has 0 amide bonds. The van der Waals surface area contributed by atoms with Crippen molar-refractivity contribution in [2.45, 2.75) is 39.0 Å². The highest BCUT2D eigenvalue weighted by Crippen LogP contribution is 2.30. The van der Waals surface area contributed by atoms with Crippen molar-refractivity contribution in [1.82, 2.24) is 0 Å². The quantitative estimate of drug-likeness (QED) is 0.195. The van der Waals surface area contributed by atoms with Crippen molar-refractivity contribution in [2.24, 2.45) is 0 Å². The molecule has 0 spiro atoms. The molecule has 8 heteroatoms. The number of carbonyl (C=O) groups excluding carboxylic acids is 1. The predicted octanol–water partition coefficient (Wildman–Crippen LogP) is 6.36. The van der Waals surface area contributed by atoms with E-state index < -0.39 is 10.0 Å². The van der Waals surface area contributed by atoms with Gasteiger partial charge in [-0.25, -0.2) is 8.42 Å². The highest BCUT2D eigenvalue weighted by molar-refractivity contribution is 7.92. The fraction of sp³-hybridized carbons (Fsp3) is 0.265. The molecule has 4 aromatic rings. The van der Waals surface area contributed by atoms with Crippen LogP contribution in [0, 0.1) is 6.92 Å². The summed E-state index contributed by atoms with van der Waals surface area (Å²) in [5.41, 5.74) is 5.64. The minimum atomic E-state index is -3.42. The molecule has 4 aromatic carbocycles. The van der Waals surface area contributed by atoms with E-state index in [1.165, 1.54) is 0 Å². The molecule has 1 atom stereocenters. The minimum absolute atomic E-state index is 0.0688. The zero-order valence-corrected chi connectivity index (χ0v) is 24.8. The number of sulfonamides is 1. The Morgan fingerprint density at radius 2 is 1.62 bits per heavy atom. The van der Waals surface area contributed by atoms with Gasteiger partial charge in [0.25, 0.3) is 0 Å². The molecule has 1 heterocycles. The molecule has 42 heavy (non-hydrogen) atoms.